The number of fused-ring (bicyclic) bond motifs is 1. The zero-order chi connectivity index (χ0) is 22.5. The summed E-state index contributed by atoms with van der Waals surface area (Å²) in [6, 6.07) is 0. The first-order valence-corrected chi connectivity index (χ1v) is 9.49. The molecule has 1 fully saturated rings. The summed E-state index contributed by atoms with van der Waals surface area (Å²) in [5, 5.41) is 74.4. The molecule has 10 heteroatoms. The third kappa shape index (κ3) is 3.47. The van der Waals surface area contributed by atoms with Gasteiger partial charge in [0, 0.05) is 18.8 Å². The molecule has 0 saturated heterocycles. The Balaban J connectivity index is 2.74. The maximum atomic E-state index is 12.1. The molecule has 8 atom stereocenters. The molecule has 0 heterocycles. The predicted molar refractivity (Wildman–Crippen MR) is 97.4 cm³/mol. The lowest BCUT2D eigenvalue weighted by Gasteiger charge is -2.45. The van der Waals surface area contributed by atoms with Crippen LogP contribution in [-0.4, -0.2) is 88.9 Å². The number of aliphatic carboxylic acids is 1. The van der Waals surface area contributed by atoms with E-state index in [1.807, 2.05) is 0 Å². The van der Waals surface area contributed by atoms with Gasteiger partial charge in [-0.2, -0.15) is 0 Å². The molecule has 0 unspecified atom stereocenters. The minimum atomic E-state index is -3.01. The quantitative estimate of drug-likeness (QED) is 0.204. The van der Waals surface area contributed by atoms with E-state index in [4.69, 9.17) is 4.74 Å². The van der Waals surface area contributed by atoms with Crippen LogP contribution in [0.25, 0.3) is 0 Å². The molecule has 0 spiro atoms. The fraction of sp³-hybridized carbons (Fsp3) is 0.789. The predicted octanol–water partition coefficient (Wildman–Crippen LogP) is -1.55. The summed E-state index contributed by atoms with van der Waals surface area (Å²) in [6.45, 7) is 5.03. The lowest BCUT2D eigenvalue weighted by atomic mass is 9.73. The van der Waals surface area contributed by atoms with Crippen LogP contribution in [0.4, 0.5) is 0 Å². The van der Waals surface area contributed by atoms with Crippen molar-refractivity contribution in [3.05, 3.63) is 11.1 Å². The summed E-state index contributed by atoms with van der Waals surface area (Å²) in [7, 11) is 0. The first-order chi connectivity index (χ1) is 13.1. The molecule has 0 bridgehead atoms. The number of carbonyl (C=O) groups is 2. The molecule has 0 aromatic heterocycles. The number of hydrogen-bond donors (Lipinski definition) is 7. The van der Waals surface area contributed by atoms with Crippen molar-refractivity contribution in [2.75, 3.05) is 0 Å². The van der Waals surface area contributed by atoms with Crippen LogP contribution in [0.5, 0.6) is 0 Å². The maximum absolute atomic E-state index is 12.1. The van der Waals surface area contributed by atoms with Crippen molar-refractivity contribution in [2.45, 2.75) is 88.2 Å². The van der Waals surface area contributed by atoms with Crippen LogP contribution in [0, 0.1) is 5.92 Å². The fourth-order valence-electron chi connectivity index (χ4n) is 4.50. The van der Waals surface area contributed by atoms with E-state index in [2.05, 4.69) is 0 Å². The minimum absolute atomic E-state index is 0.0235. The highest BCUT2D eigenvalue weighted by Crippen LogP contribution is 2.51. The number of carboxylic acid groups (broad SMARTS) is 1. The SMILES string of the molecule is CCCC(=O)O[C@H]1C[C@](C)(O)[C@@H]2C(=C(C)[C@H](O)[C@H]2O)[C@H](O)[C@@]1(O)[C@](C)(O)C(=O)O. The lowest BCUT2D eigenvalue weighted by molar-refractivity contribution is -0.246. The molecule has 0 aromatic rings. The maximum Gasteiger partial charge on any atom is 0.338 e. The van der Waals surface area contributed by atoms with E-state index in [-0.39, 0.29) is 17.6 Å². The molecule has 166 valence electrons. The first-order valence-electron chi connectivity index (χ1n) is 9.49. The number of rotatable bonds is 5. The molecule has 29 heavy (non-hydrogen) atoms. The van der Waals surface area contributed by atoms with Crippen molar-refractivity contribution in [3.63, 3.8) is 0 Å². The van der Waals surface area contributed by atoms with E-state index in [1.54, 1.807) is 6.92 Å². The van der Waals surface area contributed by atoms with Gasteiger partial charge in [0.2, 0.25) is 0 Å². The van der Waals surface area contributed by atoms with E-state index in [0.717, 1.165) is 6.92 Å². The second kappa shape index (κ2) is 7.60. The Morgan fingerprint density at radius 3 is 2.28 bits per heavy atom. The fourth-order valence-corrected chi connectivity index (χ4v) is 4.50. The Morgan fingerprint density at radius 2 is 1.79 bits per heavy atom. The lowest BCUT2D eigenvalue weighted by Crippen LogP contribution is -2.70. The highest BCUT2D eigenvalue weighted by atomic mass is 16.6. The molecular weight excluding hydrogens is 388 g/mol. The molecule has 2 aliphatic rings. The van der Waals surface area contributed by atoms with Crippen LogP contribution in [0.2, 0.25) is 0 Å². The van der Waals surface area contributed by atoms with E-state index >= 15 is 0 Å². The zero-order valence-corrected chi connectivity index (χ0v) is 16.9. The van der Waals surface area contributed by atoms with E-state index in [1.165, 1.54) is 13.8 Å². The smallest absolute Gasteiger partial charge is 0.338 e. The van der Waals surface area contributed by atoms with Crippen LogP contribution in [-0.2, 0) is 14.3 Å². The van der Waals surface area contributed by atoms with Gasteiger partial charge in [0.05, 0.1) is 11.7 Å². The van der Waals surface area contributed by atoms with Crippen molar-refractivity contribution in [3.8, 4) is 0 Å². The van der Waals surface area contributed by atoms with Gasteiger partial charge in [-0.1, -0.05) is 6.92 Å². The van der Waals surface area contributed by atoms with E-state index in [9.17, 15) is 45.3 Å². The Morgan fingerprint density at radius 1 is 1.24 bits per heavy atom. The van der Waals surface area contributed by atoms with Crippen molar-refractivity contribution in [1.82, 2.24) is 0 Å². The second-order valence-corrected chi connectivity index (χ2v) is 8.45. The average Bonchev–Trinajstić information content (AvgIpc) is 2.80. The molecule has 0 amide bonds. The summed E-state index contributed by atoms with van der Waals surface area (Å²) in [5.41, 5.74) is -8.10. The molecule has 2 rings (SSSR count). The summed E-state index contributed by atoms with van der Waals surface area (Å²) in [5.74, 6) is -4.01. The Labute approximate surface area is 168 Å². The normalized spacial score (nSPS) is 42.1. The number of hydrogen-bond acceptors (Lipinski definition) is 9. The van der Waals surface area contributed by atoms with Gasteiger partial charge in [-0.3, -0.25) is 4.79 Å². The van der Waals surface area contributed by atoms with Crippen LogP contribution in [0.3, 0.4) is 0 Å². The van der Waals surface area contributed by atoms with Crippen molar-refractivity contribution >= 4 is 11.9 Å². The number of esters is 1. The van der Waals surface area contributed by atoms with Crippen LogP contribution in [0.15, 0.2) is 11.1 Å². The Hall–Kier alpha value is -1.56. The molecule has 1 saturated carbocycles. The third-order valence-corrected chi connectivity index (χ3v) is 6.29. The topological polar surface area (TPSA) is 185 Å². The minimum Gasteiger partial charge on any atom is -0.479 e. The highest BCUT2D eigenvalue weighted by molar-refractivity contribution is 5.79. The summed E-state index contributed by atoms with van der Waals surface area (Å²) >= 11 is 0. The second-order valence-electron chi connectivity index (χ2n) is 8.45. The third-order valence-electron chi connectivity index (χ3n) is 6.29. The molecule has 10 nitrogen and oxygen atoms in total. The van der Waals surface area contributed by atoms with E-state index < -0.39 is 65.5 Å². The van der Waals surface area contributed by atoms with Crippen LogP contribution >= 0.6 is 0 Å². The van der Waals surface area contributed by atoms with Crippen molar-refractivity contribution in [2.24, 2.45) is 5.92 Å². The van der Waals surface area contributed by atoms with Crippen molar-refractivity contribution < 1.29 is 50.1 Å². The largest absolute Gasteiger partial charge is 0.479 e. The van der Waals surface area contributed by atoms with E-state index in [0.29, 0.717) is 6.42 Å². The molecule has 0 aliphatic heterocycles. The monoisotopic (exact) mass is 418 g/mol. The summed E-state index contributed by atoms with van der Waals surface area (Å²) in [6.07, 6.45) is -7.33. The summed E-state index contributed by atoms with van der Waals surface area (Å²) < 4.78 is 5.23. The van der Waals surface area contributed by atoms with Crippen LogP contribution in [0.1, 0.15) is 47.0 Å². The average molecular weight is 418 g/mol. The van der Waals surface area contributed by atoms with Gasteiger partial charge in [0.15, 0.2) is 11.2 Å². The van der Waals surface area contributed by atoms with Crippen molar-refractivity contribution in [1.29, 1.82) is 0 Å². The first kappa shape index (κ1) is 23.7. The number of carboxylic acids is 1. The molecular formula is C19H30O10. The van der Waals surface area contributed by atoms with Crippen LogP contribution < -0.4 is 0 Å². The molecule has 0 aromatic carbocycles. The molecule has 0 radical (unpaired) electrons. The van der Waals surface area contributed by atoms with Gasteiger partial charge in [0.1, 0.15) is 18.3 Å². The van der Waals surface area contributed by atoms with Gasteiger partial charge in [-0.25, -0.2) is 4.79 Å². The number of aliphatic hydroxyl groups is 6. The summed E-state index contributed by atoms with van der Waals surface area (Å²) in [4.78, 5) is 23.9. The number of carbonyl (C=O) groups excluding carboxylic acids is 1. The molecule has 2 aliphatic carbocycles. The number of aliphatic hydroxyl groups excluding tert-OH is 3. The highest BCUT2D eigenvalue weighted by Gasteiger charge is 2.69. The standard InChI is InChI=1S/C19H30O10/c1-5-6-10(20)29-9-7-17(3,26)12-11(8(2)13(21)14(12)22)15(23)19(9,28)18(4,27)16(24)25/h9,12-15,21-23,26-28H,5-7H2,1-4H3,(H,24,25)/t9-,12+,13-,14-,15-,17-,18+,19+/m0/s1. The van der Waals surface area contributed by atoms with Gasteiger partial charge in [0.25, 0.3) is 0 Å². The van der Waals surface area contributed by atoms with Gasteiger partial charge >= 0.3 is 11.9 Å². The zero-order valence-electron chi connectivity index (χ0n) is 16.9. The Kier molecular flexibility index (Phi) is 6.22. The molecule has 7 N–H and O–H groups in total. The van der Waals surface area contributed by atoms with Gasteiger partial charge in [-0.15, -0.1) is 0 Å². The van der Waals surface area contributed by atoms with Gasteiger partial charge < -0.3 is 40.5 Å². The number of ether oxygens (including phenoxy) is 1. The Bertz CT molecular complexity index is 712. The van der Waals surface area contributed by atoms with Gasteiger partial charge in [-0.05, 0) is 38.3 Å².